The molecule has 5 nitrogen and oxygen atoms in total. The molecule has 0 radical (unpaired) electrons. The van der Waals surface area contributed by atoms with Crippen molar-refractivity contribution in [1.29, 1.82) is 0 Å². The highest BCUT2D eigenvalue weighted by atomic mass is 19.1. The Kier molecular flexibility index (Phi) is 2.79. The minimum atomic E-state index is -1.47. The van der Waals surface area contributed by atoms with Crippen molar-refractivity contribution in [3.8, 4) is 0 Å². The molecular formula is C15H8FNO4. The second kappa shape index (κ2) is 4.52. The first-order valence-corrected chi connectivity index (χ1v) is 6.01. The van der Waals surface area contributed by atoms with Crippen LogP contribution in [-0.4, -0.2) is 22.9 Å². The zero-order valence-corrected chi connectivity index (χ0v) is 10.5. The number of carboxylic acid groups (broad SMARTS) is 1. The van der Waals surface area contributed by atoms with Crippen LogP contribution in [0.1, 0.15) is 31.1 Å². The van der Waals surface area contributed by atoms with Crippen molar-refractivity contribution >= 4 is 23.5 Å². The number of anilines is 1. The zero-order chi connectivity index (χ0) is 15.1. The molecule has 3 rings (SSSR count). The normalized spacial score (nSPS) is 13.5. The Morgan fingerprint density at radius 2 is 1.57 bits per heavy atom. The molecule has 2 aromatic carbocycles. The Balaban J connectivity index is 2.11. The summed E-state index contributed by atoms with van der Waals surface area (Å²) >= 11 is 0. The van der Waals surface area contributed by atoms with E-state index in [-0.39, 0.29) is 16.8 Å². The van der Waals surface area contributed by atoms with Crippen LogP contribution in [0.3, 0.4) is 0 Å². The number of aromatic carboxylic acids is 1. The molecule has 2 aromatic rings. The van der Waals surface area contributed by atoms with Gasteiger partial charge in [-0.3, -0.25) is 9.59 Å². The Morgan fingerprint density at radius 1 is 1.00 bits per heavy atom. The van der Waals surface area contributed by atoms with Crippen LogP contribution in [0.2, 0.25) is 0 Å². The number of amides is 2. The standard InChI is InChI=1S/C15H8FNO4/c16-12-6-5-8(7-11(12)15(20)21)17-13(18)9-3-1-2-4-10(9)14(17)19/h1-7H,(H,20,21). The number of rotatable bonds is 2. The van der Waals surface area contributed by atoms with E-state index < -0.39 is 29.2 Å². The summed E-state index contributed by atoms with van der Waals surface area (Å²) in [6.45, 7) is 0. The van der Waals surface area contributed by atoms with Crippen LogP contribution in [-0.2, 0) is 0 Å². The second-order valence-electron chi connectivity index (χ2n) is 4.46. The average Bonchev–Trinajstić information content (AvgIpc) is 2.72. The van der Waals surface area contributed by atoms with Crippen LogP contribution < -0.4 is 4.90 Å². The van der Waals surface area contributed by atoms with Crippen molar-refractivity contribution in [2.24, 2.45) is 0 Å². The fraction of sp³-hybridized carbons (Fsp3) is 0. The van der Waals surface area contributed by atoms with Gasteiger partial charge < -0.3 is 5.11 Å². The van der Waals surface area contributed by atoms with Crippen molar-refractivity contribution in [2.45, 2.75) is 0 Å². The summed E-state index contributed by atoms with van der Waals surface area (Å²) in [6.07, 6.45) is 0. The molecule has 0 bridgehead atoms. The van der Waals surface area contributed by atoms with Gasteiger partial charge in [0.2, 0.25) is 0 Å². The number of carbonyl (C=O) groups is 3. The summed E-state index contributed by atoms with van der Waals surface area (Å²) in [5.41, 5.74) is -0.0866. The summed E-state index contributed by atoms with van der Waals surface area (Å²) < 4.78 is 13.4. The van der Waals surface area contributed by atoms with Crippen molar-refractivity contribution < 1.29 is 23.9 Å². The van der Waals surface area contributed by atoms with E-state index in [1.165, 1.54) is 18.2 Å². The van der Waals surface area contributed by atoms with Crippen molar-refractivity contribution in [3.05, 3.63) is 65.0 Å². The predicted molar refractivity (Wildman–Crippen MR) is 70.9 cm³/mol. The van der Waals surface area contributed by atoms with Gasteiger partial charge in [0, 0.05) is 0 Å². The maximum atomic E-state index is 13.4. The molecule has 2 amide bonds. The monoisotopic (exact) mass is 285 g/mol. The summed E-state index contributed by atoms with van der Waals surface area (Å²) in [7, 11) is 0. The van der Waals surface area contributed by atoms with Crippen LogP contribution in [0.15, 0.2) is 42.5 Å². The molecule has 0 aliphatic carbocycles. The fourth-order valence-corrected chi connectivity index (χ4v) is 2.24. The van der Waals surface area contributed by atoms with E-state index in [1.54, 1.807) is 12.1 Å². The molecule has 1 aliphatic rings. The van der Waals surface area contributed by atoms with Gasteiger partial charge in [0.15, 0.2) is 0 Å². The van der Waals surface area contributed by atoms with Gasteiger partial charge in [0.25, 0.3) is 11.8 Å². The van der Waals surface area contributed by atoms with Crippen LogP contribution in [0.25, 0.3) is 0 Å². The van der Waals surface area contributed by atoms with E-state index in [4.69, 9.17) is 5.11 Å². The highest BCUT2D eigenvalue weighted by Gasteiger charge is 2.36. The first-order chi connectivity index (χ1) is 10.0. The number of fused-ring (bicyclic) bond motifs is 1. The lowest BCUT2D eigenvalue weighted by Crippen LogP contribution is -2.29. The smallest absolute Gasteiger partial charge is 0.338 e. The molecular weight excluding hydrogens is 277 g/mol. The first kappa shape index (κ1) is 13.0. The van der Waals surface area contributed by atoms with Gasteiger partial charge in [0.05, 0.1) is 22.4 Å². The Labute approximate surface area is 118 Å². The van der Waals surface area contributed by atoms with Gasteiger partial charge >= 0.3 is 5.97 Å². The van der Waals surface area contributed by atoms with Gasteiger partial charge in [-0.1, -0.05) is 12.1 Å². The maximum Gasteiger partial charge on any atom is 0.338 e. The molecule has 104 valence electrons. The lowest BCUT2D eigenvalue weighted by atomic mass is 10.1. The van der Waals surface area contributed by atoms with Crippen molar-refractivity contribution in [3.63, 3.8) is 0 Å². The molecule has 1 aliphatic heterocycles. The molecule has 0 saturated carbocycles. The molecule has 0 saturated heterocycles. The number of nitrogens with zero attached hydrogens (tertiary/aromatic N) is 1. The van der Waals surface area contributed by atoms with E-state index in [0.29, 0.717) is 0 Å². The Morgan fingerprint density at radius 3 is 2.10 bits per heavy atom. The molecule has 0 fully saturated rings. The van der Waals surface area contributed by atoms with Crippen molar-refractivity contribution in [2.75, 3.05) is 4.90 Å². The number of benzene rings is 2. The quantitative estimate of drug-likeness (QED) is 0.859. The lowest BCUT2D eigenvalue weighted by Gasteiger charge is -2.14. The second-order valence-corrected chi connectivity index (χ2v) is 4.46. The number of hydrogen-bond acceptors (Lipinski definition) is 3. The average molecular weight is 285 g/mol. The van der Waals surface area contributed by atoms with Crippen LogP contribution in [0, 0.1) is 5.82 Å². The van der Waals surface area contributed by atoms with E-state index in [0.717, 1.165) is 17.0 Å². The topological polar surface area (TPSA) is 74.7 Å². The molecule has 0 unspecified atom stereocenters. The maximum absolute atomic E-state index is 13.4. The first-order valence-electron chi connectivity index (χ1n) is 6.01. The molecule has 0 aromatic heterocycles. The zero-order valence-electron chi connectivity index (χ0n) is 10.5. The van der Waals surface area contributed by atoms with Gasteiger partial charge in [0.1, 0.15) is 5.82 Å². The van der Waals surface area contributed by atoms with E-state index in [2.05, 4.69) is 0 Å². The Bertz CT molecular complexity index is 765. The summed E-state index contributed by atoms with van der Waals surface area (Å²) in [4.78, 5) is 36.3. The summed E-state index contributed by atoms with van der Waals surface area (Å²) in [6, 6.07) is 9.36. The largest absolute Gasteiger partial charge is 0.478 e. The van der Waals surface area contributed by atoms with Crippen LogP contribution >= 0.6 is 0 Å². The number of carboxylic acids is 1. The van der Waals surface area contributed by atoms with Crippen LogP contribution in [0.5, 0.6) is 0 Å². The minimum Gasteiger partial charge on any atom is -0.478 e. The third-order valence-electron chi connectivity index (χ3n) is 3.23. The van der Waals surface area contributed by atoms with Gasteiger partial charge in [-0.2, -0.15) is 0 Å². The molecule has 0 atom stereocenters. The highest BCUT2D eigenvalue weighted by molar-refractivity contribution is 6.34. The summed E-state index contributed by atoms with van der Waals surface area (Å²) in [5.74, 6) is -3.51. The van der Waals surface area contributed by atoms with E-state index in [1.807, 2.05) is 0 Å². The highest BCUT2D eigenvalue weighted by Crippen LogP contribution is 2.29. The van der Waals surface area contributed by atoms with E-state index >= 15 is 0 Å². The van der Waals surface area contributed by atoms with Gasteiger partial charge in [-0.25, -0.2) is 14.1 Å². The van der Waals surface area contributed by atoms with E-state index in [9.17, 15) is 18.8 Å². The summed E-state index contributed by atoms with van der Waals surface area (Å²) in [5, 5.41) is 8.91. The lowest BCUT2D eigenvalue weighted by molar-refractivity contribution is 0.0690. The fourth-order valence-electron chi connectivity index (χ4n) is 2.24. The molecule has 6 heteroatoms. The van der Waals surface area contributed by atoms with Crippen LogP contribution in [0.4, 0.5) is 10.1 Å². The third kappa shape index (κ3) is 1.88. The Hall–Kier alpha value is -3.02. The molecule has 1 heterocycles. The third-order valence-corrected chi connectivity index (χ3v) is 3.23. The number of halogens is 1. The SMILES string of the molecule is O=C(O)c1cc(N2C(=O)c3ccccc3C2=O)ccc1F. The number of imide groups is 1. The predicted octanol–water partition coefficient (Wildman–Crippen LogP) is 2.32. The molecule has 0 spiro atoms. The number of hydrogen-bond donors (Lipinski definition) is 1. The van der Waals surface area contributed by atoms with Gasteiger partial charge in [-0.05, 0) is 30.3 Å². The van der Waals surface area contributed by atoms with Crippen molar-refractivity contribution in [1.82, 2.24) is 0 Å². The minimum absolute atomic E-state index is 0.0278. The number of carbonyl (C=O) groups excluding carboxylic acids is 2. The molecule has 1 N–H and O–H groups in total. The molecule has 21 heavy (non-hydrogen) atoms. The van der Waals surface area contributed by atoms with Gasteiger partial charge in [-0.15, -0.1) is 0 Å².